The highest BCUT2D eigenvalue weighted by molar-refractivity contribution is 7.20. The summed E-state index contributed by atoms with van der Waals surface area (Å²) in [5, 5.41) is 9.00. The zero-order valence-corrected chi connectivity index (χ0v) is 16.9. The summed E-state index contributed by atoms with van der Waals surface area (Å²) in [6.45, 7) is 4.34. The molecule has 1 amide bonds. The first-order chi connectivity index (χ1) is 13.4. The largest absolute Gasteiger partial charge is 0.321 e. The van der Waals surface area contributed by atoms with Crippen LogP contribution in [0.4, 0.5) is 10.1 Å². The molecule has 4 nitrogen and oxygen atoms in total. The maximum absolute atomic E-state index is 13.1. The van der Waals surface area contributed by atoms with Crippen molar-refractivity contribution in [3.63, 3.8) is 0 Å². The third kappa shape index (κ3) is 3.66. The lowest BCUT2D eigenvalue weighted by Gasteiger charge is -2.06. The third-order valence-corrected chi connectivity index (χ3v) is 6.06. The van der Waals surface area contributed by atoms with Gasteiger partial charge in [0.05, 0.1) is 17.1 Å². The van der Waals surface area contributed by atoms with Crippen molar-refractivity contribution in [2.24, 2.45) is 0 Å². The predicted octanol–water partition coefficient (Wildman–Crippen LogP) is 5.81. The number of nitrogens with zero attached hydrogens (tertiary/aromatic N) is 2. The van der Waals surface area contributed by atoms with Gasteiger partial charge in [-0.05, 0) is 55.3 Å². The lowest BCUT2D eigenvalue weighted by Crippen LogP contribution is -2.10. The van der Waals surface area contributed by atoms with Gasteiger partial charge in [0.1, 0.15) is 10.6 Å². The van der Waals surface area contributed by atoms with Gasteiger partial charge in [-0.2, -0.15) is 5.10 Å². The van der Waals surface area contributed by atoms with E-state index in [1.54, 1.807) is 18.2 Å². The van der Waals surface area contributed by atoms with E-state index in [-0.39, 0.29) is 11.7 Å². The van der Waals surface area contributed by atoms with E-state index in [0.29, 0.717) is 22.1 Å². The average Bonchev–Trinajstić information content (AvgIpc) is 3.22. The number of benzene rings is 2. The minimum atomic E-state index is -0.267. The van der Waals surface area contributed by atoms with Gasteiger partial charge < -0.3 is 5.32 Å². The van der Waals surface area contributed by atoms with Crippen LogP contribution in [0.5, 0.6) is 0 Å². The molecule has 0 atom stereocenters. The molecule has 0 aliphatic rings. The highest BCUT2D eigenvalue weighted by Crippen LogP contribution is 2.30. The maximum atomic E-state index is 13.1. The van der Waals surface area contributed by atoms with Crippen molar-refractivity contribution in [3.05, 3.63) is 81.1 Å². The fraction of sp³-hybridized carbons (Fsp3) is 0.143. The van der Waals surface area contributed by atoms with Crippen LogP contribution in [0.2, 0.25) is 5.02 Å². The van der Waals surface area contributed by atoms with Gasteiger partial charge in [-0.15, -0.1) is 11.3 Å². The molecule has 0 spiro atoms. The monoisotopic (exact) mass is 413 g/mol. The fourth-order valence-corrected chi connectivity index (χ4v) is 4.19. The highest BCUT2D eigenvalue weighted by Gasteiger charge is 2.17. The topological polar surface area (TPSA) is 46.9 Å². The number of halogens is 2. The van der Waals surface area contributed by atoms with Crippen LogP contribution in [0.25, 0.3) is 10.2 Å². The Morgan fingerprint density at radius 1 is 1.18 bits per heavy atom. The van der Waals surface area contributed by atoms with Crippen LogP contribution in [0.15, 0.2) is 48.5 Å². The second kappa shape index (κ2) is 7.37. The first-order valence-corrected chi connectivity index (χ1v) is 9.89. The lowest BCUT2D eigenvalue weighted by atomic mass is 10.2. The molecule has 4 aromatic rings. The Balaban J connectivity index is 1.61. The van der Waals surface area contributed by atoms with E-state index in [2.05, 4.69) is 10.4 Å². The number of fused-ring (bicyclic) bond motifs is 1. The van der Waals surface area contributed by atoms with E-state index in [4.69, 9.17) is 11.6 Å². The molecule has 0 aliphatic heterocycles. The van der Waals surface area contributed by atoms with Crippen LogP contribution >= 0.6 is 22.9 Å². The smallest absolute Gasteiger partial charge is 0.265 e. The van der Waals surface area contributed by atoms with Crippen molar-refractivity contribution in [2.45, 2.75) is 20.4 Å². The summed E-state index contributed by atoms with van der Waals surface area (Å²) in [7, 11) is 0. The number of nitrogens with one attached hydrogen (secondary N) is 1. The molecule has 142 valence electrons. The zero-order valence-electron chi connectivity index (χ0n) is 15.3. The number of anilines is 1. The maximum Gasteiger partial charge on any atom is 0.265 e. The minimum absolute atomic E-state index is 0.186. The molecule has 7 heteroatoms. The molecule has 2 aromatic carbocycles. The molecule has 0 aliphatic carbocycles. The van der Waals surface area contributed by atoms with E-state index in [0.717, 1.165) is 27.0 Å². The molecule has 0 saturated heterocycles. The van der Waals surface area contributed by atoms with Crippen molar-refractivity contribution in [2.75, 3.05) is 5.32 Å². The quantitative estimate of drug-likeness (QED) is 0.459. The van der Waals surface area contributed by atoms with Crippen molar-refractivity contribution in [3.8, 4) is 0 Å². The van der Waals surface area contributed by atoms with Gasteiger partial charge in [0.15, 0.2) is 0 Å². The Kier molecular flexibility index (Phi) is 4.91. The van der Waals surface area contributed by atoms with Crippen molar-refractivity contribution in [1.29, 1.82) is 0 Å². The number of carbonyl (C=O) groups is 1. The Labute approximate surface area is 170 Å². The van der Waals surface area contributed by atoms with Crippen molar-refractivity contribution >= 4 is 44.7 Å². The van der Waals surface area contributed by atoms with Gasteiger partial charge in [0.25, 0.3) is 5.91 Å². The summed E-state index contributed by atoms with van der Waals surface area (Å²) in [6.07, 6.45) is 0. The van der Waals surface area contributed by atoms with Gasteiger partial charge >= 0.3 is 0 Å². The number of aromatic nitrogens is 2. The Morgan fingerprint density at radius 3 is 2.64 bits per heavy atom. The molecule has 0 saturated carbocycles. The summed E-state index contributed by atoms with van der Waals surface area (Å²) < 4.78 is 15.0. The zero-order chi connectivity index (χ0) is 19.8. The standard InChI is InChI=1S/C21H17ClFN3OS/c1-12-3-8-16(9-18(12)22)24-20(27)19-10-17-13(2)25-26(21(17)28-19)11-14-4-6-15(23)7-5-14/h3-10H,11H2,1-2H3,(H,24,27). The number of carbonyl (C=O) groups excluding carboxylic acids is 1. The van der Waals surface area contributed by atoms with Gasteiger partial charge in [-0.1, -0.05) is 29.8 Å². The van der Waals surface area contributed by atoms with Crippen LogP contribution in [-0.2, 0) is 6.54 Å². The van der Waals surface area contributed by atoms with E-state index in [1.165, 1.54) is 23.5 Å². The van der Waals surface area contributed by atoms with Gasteiger partial charge in [0.2, 0.25) is 0 Å². The molecule has 4 rings (SSSR count). The first kappa shape index (κ1) is 18.7. The summed E-state index contributed by atoms with van der Waals surface area (Å²) >= 11 is 7.52. The fourth-order valence-electron chi connectivity index (χ4n) is 2.96. The Hall–Kier alpha value is -2.70. The number of rotatable bonds is 4. The Bertz CT molecular complexity index is 1180. The number of hydrogen-bond donors (Lipinski definition) is 1. The molecule has 2 aromatic heterocycles. The molecule has 0 unspecified atom stereocenters. The van der Waals surface area contributed by atoms with Gasteiger partial charge in [0, 0.05) is 16.1 Å². The summed E-state index contributed by atoms with van der Waals surface area (Å²) in [6, 6.07) is 13.6. The number of aryl methyl sites for hydroxylation is 2. The van der Waals surface area contributed by atoms with Crippen LogP contribution < -0.4 is 5.32 Å². The van der Waals surface area contributed by atoms with E-state index >= 15 is 0 Å². The van der Waals surface area contributed by atoms with Gasteiger partial charge in [-0.25, -0.2) is 4.39 Å². The molecule has 0 fully saturated rings. The molecule has 0 bridgehead atoms. The number of hydrogen-bond acceptors (Lipinski definition) is 3. The average molecular weight is 414 g/mol. The summed E-state index contributed by atoms with van der Waals surface area (Å²) in [4.78, 5) is 14.2. The van der Waals surface area contributed by atoms with Crippen molar-refractivity contribution in [1.82, 2.24) is 9.78 Å². The molecule has 28 heavy (non-hydrogen) atoms. The van der Waals surface area contributed by atoms with Crippen LogP contribution in [0.3, 0.4) is 0 Å². The van der Waals surface area contributed by atoms with E-state index in [9.17, 15) is 9.18 Å². The van der Waals surface area contributed by atoms with E-state index < -0.39 is 0 Å². The number of amides is 1. The SMILES string of the molecule is Cc1ccc(NC(=O)c2cc3c(C)nn(Cc4ccc(F)cc4)c3s2)cc1Cl. The van der Waals surface area contributed by atoms with E-state index in [1.807, 2.05) is 36.7 Å². The summed E-state index contributed by atoms with van der Waals surface area (Å²) in [5.41, 5.74) is 3.41. The minimum Gasteiger partial charge on any atom is -0.321 e. The normalized spacial score (nSPS) is 11.1. The Morgan fingerprint density at radius 2 is 1.93 bits per heavy atom. The van der Waals surface area contributed by atoms with Crippen LogP contribution in [0.1, 0.15) is 26.5 Å². The second-order valence-electron chi connectivity index (χ2n) is 6.62. The predicted molar refractivity (Wildman–Crippen MR) is 112 cm³/mol. The van der Waals surface area contributed by atoms with Crippen LogP contribution in [-0.4, -0.2) is 15.7 Å². The second-order valence-corrected chi connectivity index (χ2v) is 8.05. The summed E-state index contributed by atoms with van der Waals surface area (Å²) in [5.74, 6) is -0.453. The molecule has 2 heterocycles. The number of thiophene rings is 1. The molecular formula is C21H17ClFN3OS. The molecular weight excluding hydrogens is 397 g/mol. The first-order valence-electron chi connectivity index (χ1n) is 8.69. The van der Waals surface area contributed by atoms with Crippen molar-refractivity contribution < 1.29 is 9.18 Å². The highest BCUT2D eigenvalue weighted by atomic mass is 35.5. The van der Waals surface area contributed by atoms with Crippen LogP contribution in [0, 0.1) is 19.7 Å². The lowest BCUT2D eigenvalue weighted by molar-refractivity contribution is 0.103. The third-order valence-electron chi connectivity index (χ3n) is 4.51. The van der Waals surface area contributed by atoms with Gasteiger partial charge in [-0.3, -0.25) is 9.48 Å². The molecule has 0 radical (unpaired) electrons. The molecule has 1 N–H and O–H groups in total.